The normalized spacial score (nSPS) is 15.5. The predicted molar refractivity (Wildman–Crippen MR) is 130 cm³/mol. The Hall–Kier alpha value is -3.02. The maximum Gasteiger partial charge on any atom is 0.235 e. The zero-order valence-corrected chi connectivity index (χ0v) is 20.3. The van der Waals surface area contributed by atoms with Gasteiger partial charge in [0.2, 0.25) is 5.91 Å². The van der Waals surface area contributed by atoms with Crippen LogP contribution in [-0.2, 0) is 16.1 Å². The maximum atomic E-state index is 12.9. The summed E-state index contributed by atoms with van der Waals surface area (Å²) in [5.74, 6) is 0.584. The molecule has 1 atom stereocenters. The van der Waals surface area contributed by atoms with Gasteiger partial charge in [-0.05, 0) is 63.3 Å². The minimum Gasteiger partial charge on any atom is -0.376 e. The van der Waals surface area contributed by atoms with Gasteiger partial charge >= 0.3 is 0 Å². The number of ether oxygens (including phenoxy) is 1. The molecule has 0 bridgehead atoms. The van der Waals surface area contributed by atoms with E-state index < -0.39 is 0 Å². The molecule has 1 aliphatic heterocycles. The van der Waals surface area contributed by atoms with Crippen molar-refractivity contribution in [3.63, 3.8) is 0 Å². The number of aromatic nitrogens is 3. The van der Waals surface area contributed by atoms with Crippen LogP contribution in [0.15, 0.2) is 35.7 Å². The molecule has 3 heterocycles. The summed E-state index contributed by atoms with van der Waals surface area (Å²) < 4.78 is 9.82. The van der Waals surface area contributed by atoms with Gasteiger partial charge in [-0.25, -0.2) is 4.98 Å². The number of hydrogen-bond acceptors (Lipinski definition) is 5. The number of nitrogens with zero attached hydrogens (tertiary/aromatic N) is 4. The third-order valence-electron chi connectivity index (χ3n) is 6.38. The van der Waals surface area contributed by atoms with Gasteiger partial charge in [0.1, 0.15) is 11.9 Å². The van der Waals surface area contributed by atoms with Crippen molar-refractivity contribution in [1.29, 1.82) is 5.26 Å². The van der Waals surface area contributed by atoms with E-state index in [1.54, 1.807) is 6.20 Å². The topological polar surface area (TPSA) is 84.9 Å². The van der Waals surface area contributed by atoms with E-state index in [0.717, 1.165) is 41.5 Å². The monoisotopic (exact) mass is 463 g/mol. The van der Waals surface area contributed by atoms with Crippen molar-refractivity contribution in [2.75, 3.05) is 17.7 Å². The molecule has 3 aromatic rings. The van der Waals surface area contributed by atoms with E-state index >= 15 is 0 Å². The lowest BCUT2D eigenvalue weighted by Gasteiger charge is -2.17. The minimum atomic E-state index is -0.168. The number of imidazole rings is 1. The summed E-state index contributed by atoms with van der Waals surface area (Å²) in [6.45, 7) is 9.47. The molecule has 1 saturated heterocycles. The molecule has 0 radical (unpaired) electrons. The highest BCUT2D eigenvalue weighted by Crippen LogP contribution is 2.29. The van der Waals surface area contributed by atoms with E-state index in [9.17, 15) is 10.1 Å². The number of carbonyl (C=O) groups excluding carboxylic acids is 1. The molecule has 1 amide bonds. The largest absolute Gasteiger partial charge is 0.376 e. The van der Waals surface area contributed by atoms with Crippen LogP contribution in [0.4, 0.5) is 5.82 Å². The predicted octanol–water partition coefficient (Wildman–Crippen LogP) is 4.69. The molecule has 1 N–H and O–H groups in total. The van der Waals surface area contributed by atoms with Gasteiger partial charge < -0.3 is 14.6 Å². The lowest BCUT2D eigenvalue weighted by molar-refractivity contribution is -0.113. The first kappa shape index (κ1) is 23.1. The van der Waals surface area contributed by atoms with Gasteiger partial charge in [0.05, 0.1) is 29.7 Å². The highest BCUT2D eigenvalue weighted by molar-refractivity contribution is 7.99. The highest BCUT2D eigenvalue weighted by Gasteiger charge is 2.24. The van der Waals surface area contributed by atoms with Crippen LogP contribution < -0.4 is 5.32 Å². The number of hydrogen-bond donors (Lipinski definition) is 1. The standard InChI is InChI=1S/C25H29N5O2S/c1-16-7-5-9-22(17(16)2)29-11-10-27-25(29)33-15-23(31)28-24-21(13-26)18(3)19(4)30(24)14-20-8-6-12-32-20/h5,7,9-11,20H,6,8,12,14-15H2,1-4H3,(H,28,31)/t20-/m0/s1. The summed E-state index contributed by atoms with van der Waals surface area (Å²) >= 11 is 1.38. The van der Waals surface area contributed by atoms with Crippen LogP contribution in [0.25, 0.3) is 5.69 Å². The van der Waals surface area contributed by atoms with Crippen LogP contribution in [0.3, 0.4) is 0 Å². The molecule has 1 fully saturated rings. The van der Waals surface area contributed by atoms with Crippen molar-refractivity contribution >= 4 is 23.5 Å². The van der Waals surface area contributed by atoms with Crippen molar-refractivity contribution in [3.8, 4) is 11.8 Å². The quantitative estimate of drug-likeness (QED) is 0.514. The number of rotatable bonds is 7. The third kappa shape index (κ3) is 4.70. The number of anilines is 1. The molecule has 0 spiro atoms. The summed E-state index contributed by atoms with van der Waals surface area (Å²) in [7, 11) is 0. The van der Waals surface area contributed by atoms with Crippen LogP contribution in [0, 0.1) is 39.0 Å². The Morgan fingerprint density at radius 3 is 2.85 bits per heavy atom. The Balaban J connectivity index is 1.51. The fraction of sp³-hybridized carbons (Fsp3) is 0.400. The number of nitrogens with one attached hydrogen (secondary N) is 1. The van der Waals surface area contributed by atoms with Gasteiger partial charge in [-0.3, -0.25) is 9.36 Å². The smallest absolute Gasteiger partial charge is 0.235 e. The molecule has 33 heavy (non-hydrogen) atoms. The Morgan fingerprint density at radius 1 is 1.30 bits per heavy atom. The van der Waals surface area contributed by atoms with E-state index in [2.05, 4.69) is 42.4 Å². The van der Waals surface area contributed by atoms with Gasteiger partial charge in [-0.15, -0.1) is 0 Å². The number of benzene rings is 1. The molecule has 7 nitrogen and oxygen atoms in total. The van der Waals surface area contributed by atoms with Crippen molar-refractivity contribution in [3.05, 3.63) is 58.5 Å². The number of carbonyl (C=O) groups is 1. The van der Waals surface area contributed by atoms with Crippen LogP contribution in [-0.4, -0.2) is 38.5 Å². The van der Waals surface area contributed by atoms with Crippen molar-refractivity contribution in [2.45, 2.75) is 58.3 Å². The fourth-order valence-corrected chi connectivity index (χ4v) is 4.99. The summed E-state index contributed by atoms with van der Waals surface area (Å²) in [4.78, 5) is 17.4. The average Bonchev–Trinajstić information content (AvgIpc) is 3.53. The lowest BCUT2D eigenvalue weighted by atomic mass is 10.1. The Kier molecular flexibility index (Phi) is 6.91. The second-order valence-electron chi connectivity index (χ2n) is 8.43. The van der Waals surface area contributed by atoms with Gasteiger partial charge in [0.15, 0.2) is 5.16 Å². The maximum absolute atomic E-state index is 12.9. The van der Waals surface area contributed by atoms with Crippen molar-refractivity contribution < 1.29 is 9.53 Å². The first-order valence-electron chi connectivity index (χ1n) is 11.1. The van der Waals surface area contributed by atoms with Crippen LogP contribution >= 0.6 is 11.8 Å². The summed E-state index contributed by atoms with van der Waals surface area (Å²) in [5.41, 5.74) is 5.83. The highest BCUT2D eigenvalue weighted by atomic mass is 32.2. The number of amides is 1. The number of nitriles is 1. The van der Waals surface area contributed by atoms with Crippen LogP contribution in [0.1, 0.15) is 40.8 Å². The first-order valence-corrected chi connectivity index (χ1v) is 12.1. The summed E-state index contributed by atoms with van der Waals surface area (Å²) in [6, 6.07) is 8.42. The van der Waals surface area contributed by atoms with E-state index in [-0.39, 0.29) is 17.8 Å². The lowest BCUT2D eigenvalue weighted by Crippen LogP contribution is -2.22. The third-order valence-corrected chi connectivity index (χ3v) is 7.35. The molecule has 172 valence electrons. The Labute approximate surface area is 198 Å². The molecule has 2 aromatic heterocycles. The molecule has 0 aliphatic carbocycles. The van der Waals surface area contributed by atoms with E-state index in [0.29, 0.717) is 17.9 Å². The van der Waals surface area contributed by atoms with Crippen molar-refractivity contribution in [1.82, 2.24) is 14.1 Å². The molecule has 0 unspecified atom stereocenters. The Morgan fingerprint density at radius 2 is 2.12 bits per heavy atom. The van der Waals surface area contributed by atoms with Gasteiger partial charge in [0.25, 0.3) is 0 Å². The zero-order chi connectivity index (χ0) is 23.5. The summed E-state index contributed by atoms with van der Waals surface area (Å²) in [6.07, 6.45) is 5.80. The SMILES string of the molecule is Cc1cccc(-n2ccnc2SCC(=O)Nc2c(C#N)c(C)c(C)n2C[C@@H]2CCCO2)c1C. The zero-order valence-electron chi connectivity index (χ0n) is 19.5. The van der Waals surface area contributed by atoms with Gasteiger partial charge in [0, 0.05) is 24.7 Å². The molecule has 1 aromatic carbocycles. The molecular formula is C25H29N5O2S. The van der Waals surface area contributed by atoms with Crippen LogP contribution in [0.5, 0.6) is 0 Å². The fourth-order valence-electron chi connectivity index (χ4n) is 4.23. The molecule has 1 aliphatic rings. The average molecular weight is 464 g/mol. The number of thioether (sulfide) groups is 1. The van der Waals surface area contributed by atoms with Gasteiger partial charge in [-0.2, -0.15) is 5.26 Å². The van der Waals surface area contributed by atoms with E-state index in [4.69, 9.17) is 4.74 Å². The van der Waals surface area contributed by atoms with E-state index in [1.165, 1.54) is 22.9 Å². The summed E-state index contributed by atoms with van der Waals surface area (Å²) in [5, 5.41) is 13.5. The second kappa shape index (κ2) is 9.86. The van der Waals surface area contributed by atoms with Gasteiger partial charge in [-0.1, -0.05) is 23.9 Å². The van der Waals surface area contributed by atoms with Crippen molar-refractivity contribution in [2.24, 2.45) is 0 Å². The number of aryl methyl sites for hydroxylation is 1. The molecule has 0 saturated carbocycles. The molecular weight excluding hydrogens is 434 g/mol. The molecule has 8 heteroatoms. The Bertz CT molecular complexity index is 1210. The van der Waals surface area contributed by atoms with E-state index in [1.807, 2.05) is 35.2 Å². The first-order chi connectivity index (χ1) is 15.9. The minimum absolute atomic E-state index is 0.108. The second-order valence-corrected chi connectivity index (χ2v) is 9.37. The van der Waals surface area contributed by atoms with Crippen LogP contribution in [0.2, 0.25) is 0 Å². The molecule has 4 rings (SSSR count).